The summed E-state index contributed by atoms with van der Waals surface area (Å²) in [7, 11) is 1.68. The normalized spacial score (nSPS) is 15.1. The highest BCUT2D eigenvalue weighted by molar-refractivity contribution is 8.00. The van der Waals surface area contributed by atoms with Crippen molar-refractivity contribution in [2.75, 3.05) is 24.8 Å². The molecule has 0 bridgehead atoms. The van der Waals surface area contributed by atoms with E-state index in [-0.39, 0.29) is 5.91 Å². The molecule has 2 rings (SSSR count). The summed E-state index contributed by atoms with van der Waals surface area (Å²) in [6.45, 7) is 5.32. The lowest BCUT2D eigenvalue weighted by atomic mass is 10.0. The lowest BCUT2D eigenvalue weighted by Crippen LogP contribution is -2.20. The molecule has 1 fully saturated rings. The van der Waals surface area contributed by atoms with Crippen LogP contribution in [0.1, 0.15) is 55.3 Å². The number of anilines is 1. The van der Waals surface area contributed by atoms with Crippen LogP contribution in [-0.2, 0) is 16.1 Å². The molecule has 1 heterocycles. The van der Waals surface area contributed by atoms with E-state index in [1.165, 1.54) is 32.1 Å². The highest BCUT2D eigenvalue weighted by atomic mass is 32.2. The Morgan fingerprint density at radius 1 is 1.36 bits per heavy atom. The Morgan fingerprint density at radius 2 is 2.08 bits per heavy atom. The van der Waals surface area contributed by atoms with E-state index in [2.05, 4.69) is 11.4 Å². The van der Waals surface area contributed by atoms with Gasteiger partial charge in [-0.3, -0.25) is 4.79 Å². The van der Waals surface area contributed by atoms with Crippen LogP contribution in [0.2, 0.25) is 0 Å². The van der Waals surface area contributed by atoms with E-state index < -0.39 is 0 Å². The molecule has 1 aliphatic carbocycles. The molecule has 1 aromatic heterocycles. The van der Waals surface area contributed by atoms with Crippen molar-refractivity contribution in [3.05, 3.63) is 16.8 Å². The fraction of sp³-hybridized carbons (Fsp3) is 0.684. The van der Waals surface area contributed by atoms with Crippen LogP contribution in [0.4, 0.5) is 5.82 Å². The van der Waals surface area contributed by atoms with Crippen molar-refractivity contribution in [1.29, 1.82) is 5.26 Å². The molecule has 1 amide bonds. The fourth-order valence-corrected chi connectivity index (χ4v) is 4.50. The highest BCUT2D eigenvalue weighted by Gasteiger charge is 2.20. The van der Waals surface area contributed by atoms with E-state index in [9.17, 15) is 10.1 Å². The maximum atomic E-state index is 12.4. The van der Waals surface area contributed by atoms with E-state index in [4.69, 9.17) is 4.74 Å². The van der Waals surface area contributed by atoms with Crippen molar-refractivity contribution in [3.63, 3.8) is 0 Å². The number of ether oxygens (including phenoxy) is 1. The van der Waals surface area contributed by atoms with Gasteiger partial charge in [0, 0.05) is 31.2 Å². The molecular formula is C19H29N3O2S. The molecule has 5 nitrogen and oxygen atoms in total. The van der Waals surface area contributed by atoms with Gasteiger partial charge in [-0.05, 0) is 38.7 Å². The number of carbonyl (C=O) groups excluding carboxylic acids is 1. The minimum Gasteiger partial charge on any atom is -0.385 e. The van der Waals surface area contributed by atoms with Gasteiger partial charge in [-0.25, -0.2) is 0 Å². The van der Waals surface area contributed by atoms with Crippen LogP contribution in [0.3, 0.4) is 0 Å². The van der Waals surface area contributed by atoms with Gasteiger partial charge < -0.3 is 14.6 Å². The average Bonchev–Trinajstić information content (AvgIpc) is 2.85. The zero-order chi connectivity index (χ0) is 18.2. The summed E-state index contributed by atoms with van der Waals surface area (Å²) in [6.07, 6.45) is 7.15. The van der Waals surface area contributed by atoms with Crippen molar-refractivity contribution in [2.45, 2.75) is 64.2 Å². The molecule has 0 spiro atoms. The van der Waals surface area contributed by atoms with Crippen LogP contribution in [-0.4, -0.2) is 35.2 Å². The summed E-state index contributed by atoms with van der Waals surface area (Å²) in [4.78, 5) is 12.4. The van der Waals surface area contributed by atoms with Crippen molar-refractivity contribution >= 4 is 23.5 Å². The Balaban J connectivity index is 2.04. The van der Waals surface area contributed by atoms with Gasteiger partial charge in [-0.2, -0.15) is 5.26 Å². The number of hydrogen-bond donors (Lipinski definition) is 1. The van der Waals surface area contributed by atoms with E-state index in [0.29, 0.717) is 29.0 Å². The predicted octanol–water partition coefficient (Wildman–Crippen LogP) is 4.02. The molecule has 1 aromatic rings. The third kappa shape index (κ3) is 5.26. The zero-order valence-corrected chi connectivity index (χ0v) is 16.4. The second kappa shape index (κ2) is 9.88. The first-order valence-corrected chi connectivity index (χ1v) is 10.1. The monoisotopic (exact) mass is 363 g/mol. The van der Waals surface area contributed by atoms with Crippen LogP contribution in [0.25, 0.3) is 0 Å². The molecule has 0 saturated heterocycles. The molecule has 0 radical (unpaired) electrons. The molecule has 0 unspecified atom stereocenters. The Labute approximate surface area is 155 Å². The van der Waals surface area contributed by atoms with Gasteiger partial charge in [0.15, 0.2) is 0 Å². The molecule has 1 saturated carbocycles. The molecular weight excluding hydrogens is 334 g/mol. The first kappa shape index (κ1) is 19.9. The number of amides is 1. The van der Waals surface area contributed by atoms with Gasteiger partial charge in [-0.15, -0.1) is 11.8 Å². The number of aromatic nitrogens is 1. The molecule has 1 N–H and O–H groups in total. The fourth-order valence-electron chi connectivity index (χ4n) is 3.37. The average molecular weight is 364 g/mol. The lowest BCUT2D eigenvalue weighted by molar-refractivity contribution is -0.113. The van der Waals surface area contributed by atoms with Gasteiger partial charge in [0.25, 0.3) is 0 Å². The van der Waals surface area contributed by atoms with Crippen LogP contribution < -0.4 is 5.32 Å². The smallest absolute Gasteiger partial charge is 0.235 e. The standard InChI is InChI=1S/C19H29N3O2S/c1-14-15(2)22(10-7-11-24-3)19(17(14)12-20)21-18(23)13-25-16-8-5-4-6-9-16/h16H,4-11,13H2,1-3H3,(H,21,23). The number of thioether (sulfide) groups is 1. The molecule has 25 heavy (non-hydrogen) atoms. The Bertz CT molecular complexity index is 628. The topological polar surface area (TPSA) is 67.1 Å². The van der Waals surface area contributed by atoms with Gasteiger partial charge >= 0.3 is 0 Å². The van der Waals surface area contributed by atoms with Crippen LogP contribution in [0.5, 0.6) is 0 Å². The van der Waals surface area contributed by atoms with Crippen LogP contribution in [0, 0.1) is 25.2 Å². The van der Waals surface area contributed by atoms with Crippen molar-refractivity contribution in [1.82, 2.24) is 4.57 Å². The SMILES string of the molecule is COCCCn1c(C)c(C)c(C#N)c1NC(=O)CSC1CCCCC1. The highest BCUT2D eigenvalue weighted by Crippen LogP contribution is 2.29. The largest absolute Gasteiger partial charge is 0.385 e. The van der Waals surface area contributed by atoms with E-state index in [1.807, 2.05) is 18.4 Å². The molecule has 1 aliphatic rings. The summed E-state index contributed by atoms with van der Waals surface area (Å²) in [6, 6.07) is 2.25. The van der Waals surface area contributed by atoms with E-state index in [1.54, 1.807) is 18.9 Å². The summed E-state index contributed by atoms with van der Waals surface area (Å²) in [5.74, 6) is 1.08. The minimum absolute atomic E-state index is 0.0161. The van der Waals surface area contributed by atoms with Crippen molar-refractivity contribution < 1.29 is 9.53 Å². The van der Waals surface area contributed by atoms with Gasteiger partial charge in [-0.1, -0.05) is 19.3 Å². The summed E-state index contributed by atoms with van der Waals surface area (Å²) >= 11 is 1.75. The minimum atomic E-state index is -0.0161. The first-order chi connectivity index (χ1) is 12.1. The van der Waals surface area contributed by atoms with Crippen molar-refractivity contribution in [3.8, 4) is 6.07 Å². The second-order valence-corrected chi connectivity index (χ2v) is 7.95. The van der Waals surface area contributed by atoms with Crippen LogP contribution >= 0.6 is 11.8 Å². The molecule has 0 aromatic carbocycles. The predicted molar refractivity (Wildman–Crippen MR) is 103 cm³/mol. The molecule has 138 valence electrons. The Hall–Kier alpha value is -1.45. The van der Waals surface area contributed by atoms with E-state index >= 15 is 0 Å². The summed E-state index contributed by atoms with van der Waals surface area (Å²) < 4.78 is 7.16. The number of nitrogens with zero attached hydrogens (tertiary/aromatic N) is 2. The van der Waals surface area contributed by atoms with Gasteiger partial charge in [0.1, 0.15) is 11.9 Å². The number of methoxy groups -OCH3 is 1. The van der Waals surface area contributed by atoms with E-state index in [0.717, 1.165) is 24.2 Å². The first-order valence-electron chi connectivity index (χ1n) is 9.08. The summed E-state index contributed by atoms with van der Waals surface area (Å²) in [5, 5.41) is 13.1. The number of carbonyl (C=O) groups is 1. The molecule has 6 heteroatoms. The number of rotatable bonds is 8. The Kier molecular flexibility index (Phi) is 7.86. The zero-order valence-electron chi connectivity index (χ0n) is 15.6. The molecule has 0 atom stereocenters. The molecule has 0 aliphatic heterocycles. The Morgan fingerprint density at radius 3 is 2.72 bits per heavy atom. The number of nitrogens with one attached hydrogen (secondary N) is 1. The maximum Gasteiger partial charge on any atom is 0.235 e. The number of nitriles is 1. The third-order valence-corrected chi connectivity index (χ3v) is 6.30. The third-order valence-electron chi connectivity index (χ3n) is 4.93. The second-order valence-electron chi connectivity index (χ2n) is 6.66. The lowest BCUT2D eigenvalue weighted by Gasteiger charge is -2.20. The summed E-state index contributed by atoms with van der Waals surface area (Å²) in [5.41, 5.74) is 2.55. The maximum absolute atomic E-state index is 12.4. The van der Waals surface area contributed by atoms with Gasteiger partial charge in [0.2, 0.25) is 5.91 Å². The van der Waals surface area contributed by atoms with Crippen LogP contribution in [0.15, 0.2) is 0 Å². The van der Waals surface area contributed by atoms with Gasteiger partial charge in [0.05, 0.1) is 11.3 Å². The quantitative estimate of drug-likeness (QED) is 0.709. The van der Waals surface area contributed by atoms with Crippen molar-refractivity contribution in [2.24, 2.45) is 0 Å². The number of hydrogen-bond acceptors (Lipinski definition) is 4.